The Labute approximate surface area is 170 Å². The molecule has 0 saturated heterocycles. The molecule has 0 amide bonds. The van der Waals surface area contributed by atoms with Crippen molar-refractivity contribution in [1.82, 2.24) is 0 Å². The third kappa shape index (κ3) is 2.68. The number of hydrogen-bond donors (Lipinski definition) is 0. The van der Waals surface area contributed by atoms with Gasteiger partial charge in [0, 0.05) is 22.2 Å². The van der Waals surface area contributed by atoms with Gasteiger partial charge in [0.15, 0.2) is 0 Å². The lowest BCUT2D eigenvalue weighted by Crippen LogP contribution is -2.39. The van der Waals surface area contributed by atoms with Crippen LogP contribution >= 0.6 is 0 Å². The number of hydrogen-bond acceptors (Lipinski definition) is 1. The standard InChI is InChI=1S/C27H31N/c1-18-12-8-11-15-23(18)28(26(3,4)5)25-19(2)16-17-22-24(25)20-13-9-10-14-21(20)27(22,6)7/h8-17H,1-7H3. The van der Waals surface area contributed by atoms with Crippen molar-refractivity contribution in [2.24, 2.45) is 0 Å². The topological polar surface area (TPSA) is 3.24 Å². The largest absolute Gasteiger partial charge is 0.335 e. The lowest BCUT2D eigenvalue weighted by atomic mass is 9.82. The van der Waals surface area contributed by atoms with E-state index >= 15 is 0 Å². The molecular weight excluding hydrogens is 338 g/mol. The molecule has 0 N–H and O–H groups in total. The first-order valence-corrected chi connectivity index (χ1v) is 10.2. The molecule has 0 spiro atoms. The summed E-state index contributed by atoms with van der Waals surface area (Å²) < 4.78 is 0. The van der Waals surface area contributed by atoms with Crippen molar-refractivity contribution < 1.29 is 0 Å². The number of aryl methyl sites for hydroxylation is 2. The van der Waals surface area contributed by atoms with E-state index < -0.39 is 0 Å². The van der Waals surface area contributed by atoms with Gasteiger partial charge in [-0.3, -0.25) is 0 Å². The van der Waals surface area contributed by atoms with Crippen LogP contribution < -0.4 is 4.90 Å². The van der Waals surface area contributed by atoms with Crippen LogP contribution in [0.5, 0.6) is 0 Å². The van der Waals surface area contributed by atoms with Crippen LogP contribution in [0.1, 0.15) is 56.9 Å². The van der Waals surface area contributed by atoms with E-state index in [-0.39, 0.29) is 11.0 Å². The molecule has 0 radical (unpaired) electrons. The predicted octanol–water partition coefficient (Wildman–Crippen LogP) is 7.55. The highest BCUT2D eigenvalue weighted by atomic mass is 15.2. The van der Waals surface area contributed by atoms with E-state index in [9.17, 15) is 0 Å². The molecule has 0 aliphatic heterocycles. The Bertz CT molecular complexity index is 1050. The summed E-state index contributed by atoms with van der Waals surface area (Å²) in [6, 6.07) is 22.3. The van der Waals surface area contributed by atoms with Crippen LogP contribution in [-0.2, 0) is 5.41 Å². The summed E-state index contributed by atoms with van der Waals surface area (Å²) in [4.78, 5) is 2.55. The molecule has 1 heteroatoms. The van der Waals surface area contributed by atoms with Gasteiger partial charge in [-0.05, 0) is 68.5 Å². The zero-order valence-electron chi connectivity index (χ0n) is 18.2. The number of anilines is 2. The van der Waals surface area contributed by atoms with Crippen molar-refractivity contribution in [3.05, 3.63) is 82.9 Å². The summed E-state index contributed by atoms with van der Waals surface area (Å²) >= 11 is 0. The van der Waals surface area contributed by atoms with E-state index in [1.54, 1.807) is 0 Å². The van der Waals surface area contributed by atoms with Crippen molar-refractivity contribution in [3.63, 3.8) is 0 Å². The van der Waals surface area contributed by atoms with Crippen LogP contribution in [0.4, 0.5) is 11.4 Å². The fourth-order valence-corrected chi connectivity index (χ4v) is 4.80. The van der Waals surface area contributed by atoms with E-state index in [0.29, 0.717) is 0 Å². The van der Waals surface area contributed by atoms with Crippen LogP contribution in [0.2, 0.25) is 0 Å². The van der Waals surface area contributed by atoms with Gasteiger partial charge in [-0.2, -0.15) is 0 Å². The molecule has 1 nitrogen and oxygen atoms in total. The molecular formula is C27H31N. The van der Waals surface area contributed by atoms with Crippen LogP contribution in [0.25, 0.3) is 11.1 Å². The summed E-state index contributed by atoms with van der Waals surface area (Å²) in [5.74, 6) is 0. The number of fused-ring (bicyclic) bond motifs is 3. The maximum atomic E-state index is 2.55. The van der Waals surface area contributed by atoms with Crippen LogP contribution in [0.15, 0.2) is 60.7 Å². The lowest BCUT2D eigenvalue weighted by molar-refractivity contribution is 0.558. The fraction of sp³-hybridized carbons (Fsp3) is 0.333. The minimum Gasteiger partial charge on any atom is -0.335 e. The van der Waals surface area contributed by atoms with Gasteiger partial charge in [-0.15, -0.1) is 0 Å². The van der Waals surface area contributed by atoms with Gasteiger partial charge in [-0.25, -0.2) is 0 Å². The zero-order chi connectivity index (χ0) is 20.3. The first-order valence-electron chi connectivity index (χ1n) is 10.2. The highest BCUT2D eigenvalue weighted by Gasteiger charge is 2.39. The molecule has 3 aromatic carbocycles. The predicted molar refractivity (Wildman–Crippen MR) is 122 cm³/mol. The molecule has 1 aliphatic carbocycles. The fourth-order valence-electron chi connectivity index (χ4n) is 4.80. The minimum absolute atomic E-state index is 0.0175. The maximum absolute atomic E-state index is 2.55. The van der Waals surface area contributed by atoms with E-state index in [2.05, 4.69) is 114 Å². The van der Waals surface area contributed by atoms with Gasteiger partial charge in [-0.1, -0.05) is 68.4 Å². The average Bonchev–Trinajstić information content (AvgIpc) is 2.86. The highest BCUT2D eigenvalue weighted by Crippen LogP contribution is 2.55. The molecule has 3 aromatic rings. The van der Waals surface area contributed by atoms with Gasteiger partial charge in [0.2, 0.25) is 0 Å². The molecule has 0 fully saturated rings. The summed E-state index contributed by atoms with van der Waals surface area (Å²) in [5.41, 5.74) is 10.9. The van der Waals surface area contributed by atoms with Crippen LogP contribution in [0.3, 0.4) is 0 Å². The quantitative estimate of drug-likeness (QED) is 0.451. The Hall–Kier alpha value is -2.54. The van der Waals surface area contributed by atoms with Crippen molar-refractivity contribution in [3.8, 4) is 11.1 Å². The monoisotopic (exact) mass is 369 g/mol. The van der Waals surface area contributed by atoms with Gasteiger partial charge in [0.1, 0.15) is 0 Å². The Morgan fingerprint density at radius 2 is 1.36 bits per heavy atom. The van der Waals surface area contributed by atoms with E-state index in [1.165, 1.54) is 44.8 Å². The number of nitrogens with zero attached hydrogens (tertiary/aromatic N) is 1. The summed E-state index contributed by atoms with van der Waals surface area (Å²) in [7, 11) is 0. The van der Waals surface area contributed by atoms with E-state index in [4.69, 9.17) is 0 Å². The van der Waals surface area contributed by atoms with Crippen molar-refractivity contribution in [2.45, 2.75) is 59.4 Å². The molecule has 0 aromatic heterocycles. The molecule has 0 bridgehead atoms. The van der Waals surface area contributed by atoms with Crippen molar-refractivity contribution in [1.29, 1.82) is 0 Å². The molecule has 144 valence electrons. The molecule has 0 unspecified atom stereocenters. The smallest absolute Gasteiger partial charge is 0.0528 e. The average molecular weight is 370 g/mol. The third-order valence-electron chi connectivity index (χ3n) is 6.17. The first-order chi connectivity index (χ1) is 13.1. The second-order valence-electron chi connectivity index (χ2n) is 9.62. The highest BCUT2D eigenvalue weighted by molar-refractivity contribution is 5.94. The number of rotatable bonds is 2. The molecule has 0 saturated carbocycles. The van der Waals surface area contributed by atoms with Gasteiger partial charge in [0.05, 0.1) is 5.69 Å². The second-order valence-corrected chi connectivity index (χ2v) is 9.62. The van der Waals surface area contributed by atoms with Crippen molar-refractivity contribution in [2.75, 3.05) is 4.90 Å². The summed E-state index contributed by atoms with van der Waals surface area (Å²) in [6.45, 7) is 16.1. The molecule has 1 aliphatic rings. The molecule has 0 atom stereocenters. The lowest BCUT2D eigenvalue weighted by Gasteiger charge is -2.41. The van der Waals surface area contributed by atoms with Crippen LogP contribution in [-0.4, -0.2) is 5.54 Å². The Morgan fingerprint density at radius 1 is 0.714 bits per heavy atom. The second kappa shape index (κ2) is 6.24. The Kier molecular flexibility index (Phi) is 4.19. The number of benzene rings is 3. The first kappa shape index (κ1) is 18.8. The van der Waals surface area contributed by atoms with Crippen molar-refractivity contribution >= 4 is 11.4 Å². The minimum atomic E-state index is -0.0479. The molecule has 4 rings (SSSR count). The molecule has 28 heavy (non-hydrogen) atoms. The SMILES string of the molecule is Cc1ccccc1N(c1c(C)ccc2c1-c1ccccc1C2(C)C)C(C)(C)C. The van der Waals surface area contributed by atoms with Gasteiger partial charge >= 0.3 is 0 Å². The summed E-state index contributed by atoms with van der Waals surface area (Å²) in [6.07, 6.45) is 0. The molecule has 0 heterocycles. The third-order valence-corrected chi connectivity index (χ3v) is 6.17. The normalized spacial score (nSPS) is 14.5. The summed E-state index contributed by atoms with van der Waals surface area (Å²) in [5, 5.41) is 0. The van der Waals surface area contributed by atoms with E-state index in [0.717, 1.165) is 0 Å². The van der Waals surface area contributed by atoms with Gasteiger partial charge in [0.25, 0.3) is 0 Å². The number of para-hydroxylation sites is 1. The Balaban J connectivity index is 2.10. The van der Waals surface area contributed by atoms with Gasteiger partial charge < -0.3 is 4.90 Å². The Morgan fingerprint density at radius 3 is 2.04 bits per heavy atom. The van der Waals surface area contributed by atoms with E-state index in [1.807, 2.05) is 0 Å². The maximum Gasteiger partial charge on any atom is 0.0528 e. The zero-order valence-corrected chi connectivity index (χ0v) is 18.2. The van der Waals surface area contributed by atoms with Crippen LogP contribution in [0, 0.1) is 13.8 Å².